The molecule has 1 saturated heterocycles. The zero-order chi connectivity index (χ0) is 25.5. The van der Waals surface area contributed by atoms with Crippen LogP contribution in [0.4, 0.5) is 0 Å². The molecule has 1 rings (SSSR count). The van der Waals surface area contributed by atoms with Crippen LogP contribution in [0.3, 0.4) is 0 Å². The van der Waals surface area contributed by atoms with Gasteiger partial charge in [-0.15, -0.1) is 0 Å². The molecular formula is C22H39N3O9. The highest BCUT2D eigenvalue weighted by molar-refractivity contribution is 5.75. The maximum absolute atomic E-state index is 12.0. The lowest BCUT2D eigenvalue weighted by Gasteiger charge is -2.43. The monoisotopic (exact) mass is 489 g/mol. The molecule has 34 heavy (non-hydrogen) atoms. The largest absolute Gasteiger partial charge is 0.463 e. The van der Waals surface area contributed by atoms with Crippen molar-refractivity contribution < 1.29 is 42.9 Å². The number of esters is 3. The number of hydrogen-bond acceptors (Lipinski definition) is 11. The Hall–Kier alpha value is -2.28. The van der Waals surface area contributed by atoms with Gasteiger partial charge in [0, 0.05) is 33.7 Å². The van der Waals surface area contributed by atoms with Crippen molar-refractivity contribution >= 4 is 23.8 Å². The van der Waals surface area contributed by atoms with Crippen molar-refractivity contribution in [2.75, 3.05) is 26.3 Å². The molecule has 1 amide bonds. The summed E-state index contributed by atoms with van der Waals surface area (Å²) in [5.74, 6) is -1.93. The first-order valence-corrected chi connectivity index (χ1v) is 11.6. The minimum Gasteiger partial charge on any atom is -0.463 e. The quantitative estimate of drug-likeness (QED) is 0.159. The summed E-state index contributed by atoms with van der Waals surface area (Å²) in [5.41, 5.74) is 11.7. The Labute approximate surface area is 200 Å². The van der Waals surface area contributed by atoms with Gasteiger partial charge in [-0.3, -0.25) is 19.2 Å². The lowest BCUT2D eigenvalue weighted by molar-refractivity contribution is -0.274. The van der Waals surface area contributed by atoms with E-state index in [2.05, 4.69) is 5.32 Å². The summed E-state index contributed by atoms with van der Waals surface area (Å²) in [5, 5.41) is 2.86. The fourth-order valence-electron chi connectivity index (χ4n) is 3.45. The Bertz CT molecular complexity index is 662. The van der Waals surface area contributed by atoms with Crippen molar-refractivity contribution in [1.29, 1.82) is 0 Å². The third-order valence-electron chi connectivity index (χ3n) is 5.03. The molecule has 0 bridgehead atoms. The summed E-state index contributed by atoms with van der Waals surface area (Å²) in [6.45, 7) is 4.78. The predicted molar refractivity (Wildman–Crippen MR) is 120 cm³/mol. The minimum absolute atomic E-state index is 0.0864. The standard InChI is InChI=1S/C22H39N3O9/c1-14(26)31-13-17-20(32-15(2)27)21(33-16(3)28)19(24)22(34-17)30-12-8-9-18(29)25-11-7-5-4-6-10-23/h17,19-22H,4-13,23-24H2,1-3H3,(H,25,29). The molecule has 0 spiro atoms. The van der Waals surface area contributed by atoms with Gasteiger partial charge in [-0.25, -0.2) is 0 Å². The van der Waals surface area contributed by atoms with E-state index in [0.29, 0.717) is 19.5 Å². The number of ether oxygens (including phenoxy) is 5. The Morgan fingerprint density at radius 2 is 1.53 bits per heavy atom. The van der Waals surface area contributed by atoms with Gasteiger partial charge in [0.2, 0.25) is 5.91 Å². The third kappa shape index (κ3) is 11.7. The number of nitrogens with one attached hydrogen (secondary N) is 1. The lowest BCUT2D eigenvalue weighted by atomic mass is 9.97. The Morgan fingerprint density at radius 1 is 0.882 bits per heavy atom. The molecule has 1 fully saturated rings. The minimum atomic E-state index is -1.09. The van der Waals surface area contributed by atoms with E-state index in [1.807, 2.05) is 0 Å². The first-order chi connectivity index (χ1) is 16.1. The molecule has 1 heterocycles. The van der Waals surface area contributed by atoms with Crippen LogP contribution in [0.5, 0.6) is 0 Å². The molecule has 0 aromatic heterocycles. The fraction of sp³-hybridized carbons (Fsp3) is 0.818. The van der Waals surface area contributed by atoms with Gasteiger partial charge in [0.05, 0.1) is 12.6 Å². The third-order valence-corrected chi connectivity index (χ3v) is 5.03. The highest BCUT2D eigenvalue weighted by Crippen LogP contribution is 2.26. The van der Waals surface area contributed by atoms with E-state index in [4.69, 9.17) is 35.2 Å². The van der Waals surface area contributed by atoms with Crippen LogP contribution in [0.1, 0.15) is 59.3 Å². The van der Waals surface area contributed by atoms with Crippen LogP contribution in [0.15, 0.2) is 0 Å². The van der Waals surface area contributed by atoms with Crippen LogP contribution in [-0.4, -0.2) is 80.8 Å². The summed E-state index contributed by atoms with van der Waals surface area (Å²) >= 11 is 0. The molecule has 0 saturated carbocycles. The van der Waals surface area contributed by atoms with E-state index < -0.39 is 48.6 Å². The molecule has 12 nitrogen and oxygen atoms in total. The SMILES string of the molecule is CC(=O)OCC1OC(OCCCC(=O)NCCCCCCN)C(N)C(OC(C)=O)C1OC(C)=O. The van der Waals surface area contributed by atoms with Crippen LogP contribution < -0.4 is 16.8 Å². The summed E-state index contributed by atoms with van der Waals surface area (Å²) < 4.78 is 27.1. The molecule has 5 N–H and O–H groups in total. The second-order valence-corrected chi connectivity index (χ2v) is 8.10. The Balaban J connectivity index is 2.60. The predicted octanol–water partition coefficient (Wildman–Crippen LogP) is -0.103. The van der Waals surface area contributed by atoms with Crippen molar-refractivity contribution in [3.05, 3.63) is 0 Å². The lowest BCUT2D eigenvalue weighted by Crippen LogP contribution is -2.64. The smallest absolute Gasteiger partial charge is 0.303 e. The summed E-state index contributed by atoms with van der Waals surface area (Å²) in [4.78, 5) is 46.5. The molecule has 5 unspecified atom stereocenters. The molecule has 196 valence electrons. The molecule has 0 aromatic carbocycles. The summed E-state index contributed by atoms with van der Waals surface area (Å²) in [6.07, 6.45) is 0.436. The van der Waals surface area contributed by atoms with Crippen molar-refractivity contribution in [2.24, 2.45) is 11.5 Å². The van der Waals surface area contributed by atoms with Gasteiger partial charge in [0.15, 0.2) is 18.5 Å². The summed E-state index contributed by atoms with van der Waals surface area (Å²) in [6, 6.07) is -0.982. The van der Waals surface area contributed by atoms with Gasteiger partial charge in [0.25, 0.3) is 0 Å². The van der Waals surface area contributed by atoms with Gasteiger partial charge in [-0.2, -0.15) is 0 Å². The molecule has 5 atom stereocenters. The second-order valence-electron chi connectivity index (χ2n) is 8.10. The van der Waals surface area contributed by atoms with E-state index >= 15 is 0 Å². The zero-order valence-electron chi connectivity index (χ0n) is 20.3. The second kappa shape index (κ2) is 16.4. The highest BCUT2D eigenvalue weighted by atomic mass is 16.7. The molecule has 0 aliphatic carbocycles. The fourth-order valence-corrected chi connectivity index (χ4v) is 3.45. The topological polar surface area (TPSA) is 178 Å². The van der Waals surface area contributed by atoms with Crippen LogP contribution in [0.2, 0.25) is 0 Å². The Morgan fingerprint density at radius 3 is 2.15 bits per heavy atom. The molecular weight excluding hydrogens is 450 g/mol. The maximum Gasteiger partial charge on any atom is 0.303 e. The van der Waals surface area contributed by atoms with Gasteiger partial charge in [0.1, 0.15) is 12.7 Å². The van der Waals surface area contributed by atoms with Gasteiger partial charge < -0.3 is 40.5 Å². The number of unbranched alkanes of at least 4 members (excludes halogenated alkanes) is 3. The van der Waals surface area contributed by atoms with Gasteiger partial charge >= 0.3 is 17.9 Å². The first kappa shape index (κ1) is 29.8. The highest BCUT2D eigenvalue weighted by Gasteiger charge is 2.49. The number of nitrogens with two attached hydrogens (primary N) is 2. The van der Waals surface area contributed by atoms with Gasteiger partial charge in [-0.05, 0) is 25.8 Å². The summed E-state index contributed by atoms with van der Waals surface area (Å²) in [7, 11) is 0. The average Bonchev–Trinajstić information content (AvgIpc) is 2.76. The van der Waals surface area contributed by atoms with Crippen molar-refractivity contribution in [2.45, 2.75) is 89.9 Å². The van der Waals surface area contributed by atoms with E-state index in [-0.39, 0.29) is 25.5 Å². The number of carbonyl (C=O) groups is 4. The zero-order valence-corrected chi connectivity index (χ0v) is 20.3. The number of rotatable bonds is 15. The maximum atomic E-state index is 12.0. The van der Waals surface area contributed by atoms with Crippen LogP contribution in [-0.2, 0) is 42.9 Å². The van der Waals surface area contributed by atoms with E-state index in [0.717, 1.165) is 25.7 Å². The first-order valence-electron chi connectivity index (χ1n) is 11.6. The van der Waals surface area contributed by atoms with Crippen LogP contribution in [0, 0.1) is 0 Å². The molecule has 1 aliphatic heterocycles. The number of carbonyl (C=O) groups excluding carboxylic acids is 4. The molecule has 1 aliphatic rings. The van der Waals surface area contributed by atoms with Crippen molar-refractivity contribution in [3.8, 4) is 0 Å². The molecule has 0 aromatic rings. The van der Waals surface area contributed by atoms with Crippen molar-refractivity contribution in [3.63, 3.8) is 0 Å². The van der Waals surface area contributed by atoms with Gasteiger partial charge in [-0.1, -0.05) is 12.8 Å². The van der Waals surface area contributed by atoms with E-state index in [1.165, 1.54) is 20.8 Å². The average molecular weight is 490 g/mol. The number of hydrogen-bond donors (Lipinski definition) is 3. The van der Waals surface area contributed by atoms with E-state index in [9.17, 15) is 19.2 Å². The normalized spacial score (nSPS) is 24.2. The van der Waals surface area contributed by atoms with E-state index in [1.54, 1.807) is 0 Å². The number of amides is 1. The van der Waals surface area contributed by atoms with Crippen LogP contribution >= 0.6 is 0 Å². The molecule has 12 heteroatoms. The van der Waals surface area contributed by atoms with Crippen LogP contribution in [0.25, 0.3) is 0 Å². The van der Waals surface area contributed by atoms with Crippen molar-refractivity contribution in [1.82, 2.24) is 5.32 Å². The Kier molecular flexibility index (Phi) is 14.3. The molecule has 0 radical (unpaired) electrons.